The van der Waals surface area contributed by atoms with Gasteiger partial charge >= 0.3 is 12.9 Å². The molecule has 5 nitrogen and oxygen atoms in total. The lowest BCUT2D eigenvalue weighted by Gasteiger charge is -2.34. The minimum Gasteiger partial charge on any atom is -0.482 e. The molecule has 1 aromatic heterocycles. The number of carboxylic acids is 1. The number of carboxylic acid groups (broad SMARTS) is 1. The van der Waals surface area contributed by atoms with E-state index in [0.717, 1.165) is 31.2 Å². The molecular formula is C21H21BF2N2O3. The predicted octanol–water partition coefficient (Wildman–Crippen LogP) is 4.00. The molecule has 0 radical (unpaired) electrons. The zero-order valence-electron chi connectivity index (χ0n) is 16.7. The molecule has 8 heteroatoms. The van der Waals surface area contributed by atoms with Crippen molar-refractivity contribution in [3.8, 4) is 5.75 Å². The molecule has 0 bridgehead atoms. The molecule has 0 aliphatic carbocycles. The van der Waals surface area contributed by atoms with Crippen LogP contribution in [0.15, 0.2) is 47.7 Å². The molecule has 0 fully saturated rings. The number of allylic oxidation sites excluding steroid dienone is 2. The predicted molar refractivity (Wildman–Crippen MR) is 108 cm³/mol. The highest BCUT2D eigenvalue weighted by Crippen LogP contribution is 2.44. The van der Waals surface area contributed by atoms with Crippen LogP contribution in [0, 0.1) is 13.8 Å². The third-order valence-corrected chi connectivity index (χ3v) is 5.44. The summed E-state index contributed by atoms with van der Waals surface area (Å²) in [6.45, 7) is 2.64. The molecule has 1 aromatic carbocycles. The number of aliphatic carboxylic acids is 1. The van der Waals surface area contributed by atoms with Crippen LogP contribution in [0.2, 0.25) is 0 Å². The second kappa shape index (κ2) is 6.44. The molecule has 2 aromatic rings. The molecule has 4 rings (SSSR count). The average molecular weight is 398 g/mol. The first-order chi connectivity index (χ1) is 13.6. The fourth-order valence-corrected chi connectivity index (χ4v) is 4.44. The number of hydrogen-bond acceptors (Lipinski definition) is 2. The molecule has 0 unspecified atom stereocenters. The van der Waals surface area contributed by atoms with Crippen molar-refractivity contribution in [1.29, 1.82) is 0 Å². The van der Waals surface area contributed by atoms with Gasteiger partial charge in [-0.25, -0.2) is 4.79 Å². The third-order valence-electron chi connectivity index (χ3n) is 5.44. The van der Waals surface area contributed by atoms with Gasteiger partial charge in [-0.3, -0.25) is 0 Å². The number of aryl methyl sites for hydroxylation is 2. The van der Waals surface area contributed by atoms with Crippen molar-refractivity contribution >= 4 is 24.2 Å². The molecule has 2 aliphatic rings. The molecular weight excluding hydrogens is 377 g/mol. The molecule has 0 spiro atoms. The number of halogens is 2. The number of benzene rings is 1. The summed E-state index contributed by atoms with van der Waals surface area (Å²) >= 11 is 0. The van der Waals surface area contributed by atoms with E-state index in [4.69, 9.17) is 9.84 Å². The van der Waals surface area contributed by atoms with E-state index in [-0.39, 0.29) is 0 Å². The van der Waals surface area contributed by atoms with E-state index >= 15 is 8.63 Å². The largest absolute Gasteiger partial charge is 0.737 e. The topological polar surface area (TPSA) is 54.5 Å². The van der Waals surface area contributed by atoms with Gasteiger partial charge in [-0.1, -0.05) is 12.1 Å². The van der Waals surface area contributed by atoms with Gasteiger partial charge in [-0.2, -0.15) is 0 Å². The van der Waals surface area contributed by atoms with E-state index in [0.29, 0.717) is 28.5 Å². The summed E-state index contributed by atoms with van der Waals surface area (Å²) in [5, 5.41) is 8.76. The van der Waals surface area contributed by atoms with E-state index in [1.165, 1.54) is 0 Å². The van der Waals surface area contributed by atoms with Crippen LogP contribution in [-0.4, -0.2) is 39.3 Å². The minimum atomic E-state index is -4.00. The monoisotopic (exact) mass is 398 g/mol. The van der Waals surface area contributed by atoms with Crippen LogP contribution in [0.25, 0.3) is 5.57 Å². The Bertz CT molecular complexity index is 1140. The Morgan fingerprint density at radius 3 is 2.45 bits per heavy atom. The molecule has 1 N–H and O–H groups in total. The van der Waals surface area contributed by atoms with Crippen molar-refractivity contribution in [2.75, 3.05) is 6.61 Å². The quantitative estimate of drug-likeness (QED) is 0.793. The van der Waals surface area contributed by atoms with Crippen LogP contribution >= 0.6 is 0 Å². The number of fused-ring (bicyclic) bond motifs is 2. The van der Waals surface area contributed by atoms with Crippen LogP contribution in [0.5, 0.6) is 5.75 Å². The fraction of sp³-hybridized carbons (Fsp3) is 0.238. The molecule has 150 valence electrons. The lowest BCUT2D eigenvalue weighted by molar-refractivity contribution is -0.363. The Balaban J connectivity index is 1.94. The Hall–Kier alpha value is -3.16. The summed E-state index contributed by atoms with van der Waals surface area (Å²) in [6.07, 6.45) is 1.78. The molecule has 0 saturated heterocycles. The third kappa shape index (κ3) is 2.82. The summed E-state index contributed by atoms with van der Waals surface area (Å²) in [7, 11) is 0. The van der Waals surface area contributed by atoms with Crippen molar-refractivity contribution in [3.63, 3.8) is 0 Å². The van der Waals surface area contributed by atoms with Crippen molar-refractivity contribution < 1.29 is 27.8 Å². The molecule has 3 heterocycles. The first-order valence-electron chi connectivity index (χ1n) is 9.35. The van der Waals surface area contributed by atoms with Crippen LogP contribution < -0.4 is 4.74 Å². The Labute approximate surface area is 167 Å². The van der Waals surface area contributed by atoms with Gasteiger partial charge in [0.05, 0.1) is 5.57 Å². The second-order valence-corrected chi connectivity index (χ2v) is 7.54. The highest BCUT2D eigenvalue weighted by Gasteiger charge is 2.55. The average Bonchev–Trinajstić information content (AvgIpc) is 3.11. The summed E-state index contributed by atoms with van der Waals surface area (Å²) < 4.78 is 38.6. The normalized spacial score (nSPS) is 17.2. The lowest BCUT2D eigenvalue weighted by atomic mass is 9.84. The maximum Gasteiger partial charge on any atom is 0.737 e. The molecule has 2 aliphatic heterocycles. The number of aromatic nitrogens is 1. The van der Waals surface area contributed by atoms with Crippen molar-refractivity contribution in [2.45, 2.75) is 27.7 Å². The maximum absolute atomic E-state index is 15.6. The first kappa shape index (κ1) is 19.2. The molecule has 0 amide bonds. The summed E-state index contributed by atoms with van der Waals surface area (Å²) in [5.74, 6) is -0.651. The summed E-state index contributed by atoms with van der Waals surface area (Å²) in [4.78, 5) is 10.7. The smallest absolute Gasteiger partial charge is 0.482 e. The zero-order chi connectivity index (χ0) is 21.1. The Morgan fingerprint density at radius 2 is 1.83 bits per heavy atom. The highest BCUT2D eigenvalue weighted by molar-refractivity contribution is 6.58. The lowest BCUT2D eigenvalue weighted by Crippen LogP contribution is -2.51. The first-order valence-corrected chi connectivity index (χ1v) is 9.35. The van der Waals surface area contributed by atoms with E-state index < -0.39 is 19.5 Å². The molecule has 0 saturated carbocycles. The van der Waals surface area contributed by atoms with Crippen molar-refractivity contribution in [2.24, 2.45) is 0 Å². The second-order valence-electron chi connectivity index (χ2n) is 7.54. The van der Waals surface area contributed by atoms with Gasteiger partial charge in [-0.05, 0) is 55.8 Å². The standard InChI is InChI=1S/C21H21BF2N2O3/c1-12-9-14(3)25-20(12)19(16-5-7-17(8-6-16)29-11-18(27)28)21-13(2)10-15(4)26(21)22(25,23)24/h5-10H,11H2,1-4H3,(H,27,28). The van der Waals surface area contributed by atoms with Gasteiger partial charge in [-0.15, -0.1) is 0 Å². The number of hydrogen-bond donors (Lipinski definition) is 1. The molecule has 29 heavy (non-hydrogen) atoms. The van der Waals surface area contributed by atoms with Crippen LogP contribution in [0.4, 0.5) is 8.63 Å². The summed E-state index contributed by atoms with van der Waals surface area (Å²) in [5.41, 5.74) is 5.13. The van der Waals surface area contributed by atoms with E-state index in [1.807, 2.05) is 13.8 Å². The van der Waals surface area contributed by atoms with Gasteiger partial charge in [0.15, 0.2) is 12.3 Å². The van der Waals surface area contributed by atoms with Gasteiger partial charge in [0.25, 0.3) is 0 Å². The Kier molecular flexibility index (Phi) is 4.26. The van der Waals surface area contributed by atoms with Crippen LogP contribution in [-0.2, 0) is 4.79 Å². The van der Waals surface area contributed by atoms with Crippen LogP contribution in [0.1, 0.15) is 36.4 Å². The SMILES string of the molecule is CC1=CC(C)=[N+]2C1=C(c1ccc(OCC(=O)O)cc1)c1c(C)cc(C)n1[B-]2(F)F. The van der Waals surface area contributed by atoms with Crippen molar-refractivity contribution in [1.82, 2.24) is 4.48 Å². The fourth-order valence-electron chi connectivity index (χ4n) is 4.44. The van der Waals surface area contributed by atoms with Crippen LogP contribution in [0.3, 0.4) is 0 Å². The Morgan fingerprint density at radius 1 is 1.17 bits per heavy atom. The number of carbonyl (C=O) groups is 1. The zero-order valence-corrected chi connectivity index (χ0v) is 16.7. The number of rotatable bonds is 4. The van der Waals surface area contributed by atoms with Crippen molar-refractivity contribution in [3.05, 3.63) is 70.2 Å². The highest BCUT2D eigenvalue weighted by atomic mass is 19.2. The summed E-state index contributed by atoms with van der Waals surface area (Å²) in [6, 6.07) is 8.66. The van der Waals surface area contributed by atoms with Gasteiger partial charge in [0, 0.05) is 24.3 Å². The number of nitrogens with zero attached hydrogens (tertiary/aromatic N) is 2. The maximum atomic E-state index is 15.6. The van der Waals surface area contributed by atoms with E-state index in [9.17, 15) is 4.79 Å². The van der Waals surface area contributed by atoms with E-state index in [2.05, 4.69) is 0 Å². The number of ether oxygens (including phenoxy) is 1. The van der Waals surface area contributed by atoms with Gasteiger partial charge in [0.2, 0.25) is 0 Å². The van der Waals surface area contributed by atoms with E-state index in [1.54, 1.807) is 50.3 Å². The minimum absolute atomic E-state index is 0.411. The van der Waals surface area contributed by atoms with Gasteiger partial charge < -0.3 is 27.4 Å². The molecule has 0 atom stereocenters. The van der Waals surface area contributed by atoms with Gasteiger partial charge in [0.1, 0.15) is 11.5 Å².